The van der Waals surface area contributed by atoms with Crippen LogP contribution >= 0.6 is 0 Å². The second kappa shape index (κ2) is 4.84. The number of nitrogens with zero attached hydrogens (tertiary/aromatic N) is 1. The van der Waals surface area contributed by atoms with Gasteiger partial charge in [0.25, 0.3) is 11.8 Å². The number of amides is 2. The highest BCUT2D eigenvalue weighted by Gasteiger charge is 2.39. The van der Waals surface area contributed by atoms with Crippen molar-refractivity contribution in [2.24, 2.45) is 11.8 Å². The number of hydrogen-bond donors (Lipinski definition) is 0. The molecule has 2 amide bonds. The third-order valence-electron chi connectivity index (χ3n) is 3.31. The molecule has 0 unspecified atom stereocenters. The van der Waals surface area contributed by atoms with Crippen LogP contribution in [0.2, 0.25) is 0 Å². The number of hydrogen-bond acceptors (Lipinski definition) is 4. The summed E-state index contributed by atoms with van der Waals surface area (Å²) >= 11 is 0. The average Bonchev–Trinajstić information content (AvgIpc) is 2.63. The maximum Gasteiger partial charge on any atom is 0.336 e. The largest absolute Gasteiger partial charge is 0.336 e. The number of carbonyl (C=O) groups is 3. The van der Waals surface area contributed by atoms with Crippen LogP contribution in [0.3, 0.4) is 0 Å². The fraction of sp³-hybridized carbons (Fsp3) is 0.357. The molecule has 0 saturated heterocycles. The molecule has 1 aromatic rings. The third-order valence-corrected chi connectivity index (χ3v) is 3.31. The number of carbonyl (C=O) groups excluding carboxylic acids is 3. The van der Waals surface area contributed by atoms with Gasteiger partial charge in [0, 0.05) is 0 Å². The van der Waals surface area contributed by atoms with Gasteiger partial charge in [0.2, 0.25) is 0 Å². The zero-order valence-corrected chi connectivity index (χ0v) is 11.0. The van der Waals surface area contributed by atoms with Gasteiger partial charge in [-0.2, -0.15) is 0 Å². The maximum absolute atomic E-state index is 12.0. The molecule has 0 aliphatic carbocycles. The normalized spacial score (nSPS) is 15.7. The molecule has 1 atom stereocenters. The van der Waals surface area contributed by atoms with Crippen LogP contribution in [0.4, 0.5) is 0 Å². The van der Waals surface area contributed by atoms with Gasteiger partial charge in [-0.1, -0.05) is 38.0 Å². The van der Waals surface area contributed by atoms with Crippen LogP contribution in [0, 0.1) is 11.8 Å². The Morgan fingerprint density at radius 1 is 1.05 bits per heavy atom. The topological polar surface area (TPSA) is 63.7 Å². The van der Waals surface area contributed by atoms with Gasteiger partial charge in [-0.05, 0) is 18.1 Å². The summed E-state index contributed by atoms with van der Waals surface area (Å²) in [6.07, 6.45) is 0. The predicted octanol–water partition coefficient (Wildman–Crippen LogP) is 2.03. The van der Waals surface area contributed by atoms with E-state index in [1.165, 1.54) is 12.1 Å². The van der Waals surface area contributed by atoms with E-state index >= 15 is 0 Å². The zero-order chi connectivity index (χ0) is 14.2. The molecule has 5 heteroatoms. The lowest BCUT2D eigenvalue weighted by Crippen LogP contribution is -2.35. The van der Waals surface area contributed by atoms with Crippen LogP contribution in [-0.2, 0) is 9.63 Å². The molecule has 1 heterocycles. The number of rotatable bonds is 3. The van der Waals surface area contributed by atoms with Crippen molar-refractivity contribution in [1.82, 2.24) is 5.06 Å². The van der Waals surface area contributed by atoms with E-state index in [4.69, 9.17) is 4.84 Å². The highest BCUT2D eigenvalue weighted by atomic mass is 16.7. The summed E-state index contributed by atoms with van der Waals surface area (Å²) < 4.78 is 0. The molecule has 0 saturated carbocycles. The van der Waals surface area contributed by atoms with Crippen molar-refractivity contribution in [2.45, 2.75) is 20.8 Å². The molecule has 0 radical (unpaired) electrons. The van der Waals surface area contributed by atoms with Crippen molar-refractivity contribution in [3.8, 4) is 0 Å². The summed E-state index contributed by atoms with van der Waals surface area (Å²) in [5.74, 6) is -2.08. The Morgan fingerprint density at radius 2 is 1.53 bits per heavy atom. The first-order valence-corrected chi connectivity index (χ1v) is 6.13. The molecule has 0 N–H and O–H groups in total. The monoisotopic (exact) mass is 261 g/mol. The van der Waals surface area contributed by atoms with Crippen molar-refractivity contribution >= 4 is 17.8 Å². The number of imide groups is 1. The van der Waals surface area contributed by atoms with Crippen LogP contribution in [-0.4, -0.2) is 22.8 Å². The van der Waals surface area contributed by atoms with E-state index < -0.39 is 17.8 Å². The second-order valence-corrected chi connectivity index (χ2v) is 4.89. The lowest BCUT2D eigenvalue weighted by atomic mass is 9.99. The smallest absolute Gasteiger partial charge is 0.329 e. The Labute approximate surface area is 111 Å². The number of benzene rings is 1. The first kappa shape index (κ1) is 13.3. The summed E-state index contributed by atoms with van der Waals surface area (Å²) in [4.78, 5) is 40.7. The van der Waals surface area contributed by atoms with Gasteiger partial charge in [0.15, 0.2) is 0 Å². The van der Waals surface area contributed by atoms with Gasteiger partial charge < -0.3 is 4.84 Å². The van der Waals surface area contributed by atoms with Gasteiger partial charge in [0.05, 0.1) is 17.0 Å². The summed E-state index contributed by atoms with van der Waals surface area (Å²) in [5.41, 5.74) is 0.523. The number of fused-ring (bicyclic) bond motifs is 1. The molecule has 0 bridgehead atoms. The third kappa shape index (κ3) is 2.23. The molecular formula is C14H15NO4. The minimum absolute atomic E-state index is 0.0719. The summed E-state index contributed by atoms with van der Waals surface area (Å²) in [7, 11) is 0. The molecule has 0 spiro atoms. The Hall–Kier alpha value is -2.17. The molecule has 2 rings (SSSR count). The van der Waals surface area contributed by atoms with Crippen LogP contribution in [0.1, 0.15) is 41.5 Å². The quantitative estimate of drug-likeness (QED) is 0.781. The first-order valence-electron chi connectivity index (χ1n) is 6.13. The van der Waals surface area contributed by atoms with Crippen LogP contribution in [0.5, 0.6) is 0 Å². The van der Waals surface area contributed by atoms with Crippen molar-refractivity contribution in [3.63, 3.8) is 0 Å². The van der Waals surface area contributed by atoms with E-state index in [1.807, 2.05) is 13.8 Å². The van der Waals surface area contributed by atoms with E-state index in [2.05, 4.69) is 0 Å². The van der Waals surface area contributed by atoms with Gasteiger partial charge in [-0.25, -0.2) is 4.79 Å². The summed E-state index contributed by atoms with van der Waals surface area (Å²) in [6.45, 7) is 5.44. The van der Waals surface area contributed by atoms with Gasteiger partial charge in [-0.3, -0.25) is 9.59 Å². The van der Waals surface area contributed by atoms with E-state index in [0.717, 1.165) is 0 Å². The Bertz CT molecular complexity index is 515. The van der Waals surface area contributed by atoms with E-state index in [1.54, 1.807) is 19.1 Å². The second-order valence-electron chi connectivity index (χ2n) is 4.89. The fourth-order valence-corrected chi connectivity index (χ4v) is 1.70. The first-order chi connectivity index (χ1) is 8.93. The van der Waals surface area contributed by atoms with Crippen LogP contribution < -0.4 is 0 Å². The van der Waals surface area contributed by atoms with Crippen LogP contribution in [0.15, 0.2) is 24.3 Å². The molecule has 1 aliphatic rings. The van der Waals surface area contributed by atoms with Gasteiger partial charge >= 0.3 is 5.97 Å². The standard InChI is InChI=1S/C14H15NO4/c1-8(2)9(3)14(18)19-15-12(16)10-6-4-5-7-11(10)13(15)17/h4-9H,1-3H3/t9-/m0/s1. The van der Waals surface area contributed by atoms with Crippen LogP contribution in [0.25, 0.3) is 0 Å². The Kier molecular flexibility index (Phi) is 3.38. The highest BCUT2D eigenvalue weighted by Crippen LogP contribution is 2.24. The molecule has 100 valence electrons. The molecular weight excluding hydrogens is 246 g/mol. The Balaban J connectivity index is 2.19. The molecule has 1 aromatic carbocycles. The van der Waals surface area contributed by atoms with E-state index in [-0.39, 0.29) is 23.0 Å². The lowest BCUT2D eigenvalue weighted by molar-refractivity contribution is -0.174. The SMILES string of the molecule is CC(C)[C@H](C)C(=O)ON1C(=O)c2ccccc2C1=O. The van der Waals surface area contributed by atoms with Crippen molar-refractivity contribution < 1.29 is 19.2 Å². The maximum atomic E-state index is 12.0. The predicted molar refractivity (Wildman–Crippen MR) is 67.0 cm³/mol. The molecule has 19 heavy (non-hydrogen) atoms. The summed E-state index contributed by atoms with van der Waals surface area (Å²) in [5, 5.41) is 0.547. The minimum Gasteiger partial charge on any atom is -0.329 e. The highest BCUT2D eigenvalue weighted by molar-refractivity contribution is 6.20. The zero-order valence-electron chi connectivity index (χ0n) is 11.0. The fourth-order valence-electron chi connectivity index (χ4n) is 1.70. The molecule has 5 nitrogen and oxygen atoms in total. The van der Waals surface area contributed by atoms with E-state index in [0.29, 0.717) is 5.06 Å². The summed E-state index contributed by atoms with van der Waals surface area (Å²) in [6, 6.07) is 6.39. The molecule has 0 fully saturated rings. The minimum atomic E-state index is -0.593. The number of hydroxylamine groups is 2. The Morgan fingerprint density at radius 3 is 1.95 bits per heavy atom. The average molecular weight is 261 g/mol. The molecule has 0 aromatic heterocycles. The van der Waals surface area contributed by atoms with Gasteiger partial charge in [0.1, 0.15) is 0 Å². The van der Waals surface area contributed by atoms with E-state index in [9.17, 15) is 14.4 Å². The van der Waals surface area contributed by atoms with Crippen molar-refractivity contribution in [1.29, 1.82) is 0 Å². The van der Waals surface area contributed by atoms with Gasteiger partial charge in [-0.15, -0.1) is 0 Å². The van der Waals surface area contributed by atoms with Crippen molar-refractivity contribution in [2.75, 3.05) is 0 Å². The van der Waals surface area contributed by atoms with Crippen molar-refractivity contribution in [3.05, 3.63) is 35.4 Å². The lowest BCUT2D eigenvalue weighted by Gasteiger charge is -2.18. The molecule has 1 aliphatic heterocycles.